The van der Waals surface area contributed by atoms with Gasteiger partial charge in [-0.25, -0.2) is 0 Å². The lowest BCUT2D eigenvalue weighted by Crippen LogP contribution is -2.10. The fourth-order valence-corrected chi connectivity index (χ4v) is 1.48. The highest BCUT2D eigenvalue weighted by Gasteiger charge is 2.07. The van der Waals surface area contributed by atoms with Crippen LogP contribution in [0.4, 0.5) is 0 Å². The molecule has 0 unspecified atom stereocenters. The van der Waals surface area contributed by atoms with Crippen LogP contribution in [0.1, 0.15) is 11.5 Å². The maximum absolute atomic E-state index is 5.56. The zero-order valence-corrected chi connectivity index (χ0v) is 9.53. The second-order valence-corrected chi connectivity index (χ2v) is 3.72. The maximum Gasteiger partial charge on any atom is 0.247 e. The van der Waals surface area contributed by atoms with Crippen LogP contribution in [0.15, 0.2) is 28.7 Å². The Balaban J connectivity index is 2.18. The summed E-state index contributed by atoms with van der Waals surface area (Å²) >= 11 is 0. The average molecular weight is 217 g/mol. The van der Waals surface area contributed by atoms with Gasteiger partial charge in [0.15, 0.2) is 0 Å². The topological polar surface area (TPSA) is 51.0 Å². The lowest BCUT2D eigenvalue weighted by Gasteiger charge is -1.96. The Bertz CT molecular complexity index is 465. The van der Waals surface area contributed by atoms with Gasteiger partial charge in [0.2, 0.25) is 11.8 Å². The van der Waals surface area contributed by atoms with Crippen LogP contribution in [0.25, 0.3) is 11.5 Å². The molecule has 0 bridgehead atoms. The van der Waals surface area contributed by atoms with Crippen molar-refractivity contribution < 1.29 is 4.42 Å². The SMILES string of the molecule is CNCCc1nnc(-c2cccc(C)c2)o1. The van der Waals surface area contributed by atoms with Gasteiger partial charge in [-0.15, -0.1) is 10.2 Å². The standard InChI is InChI=1S/C12H15N3O/c1-9-4-3-5-10(8-9)12-15-14-11(16-12)6-7-13-2/h3-5,8,13H,6-7H2,1-2H3. The van der Waals surface area contributed by atoms with Crippen molar-refractivity contribution in [1.29, 1.82) is 0 Å². The molecule has 0 saturated heterocycles. The fourth-order valence-electron chi connectivity index (χ4n) is 1.48. The molecule has 0 aliphatic rings. The Morgan fingerprint density at radius 2 is 2.19 bits per heavy atom. The molecule has 0 atom stereocenters. The second kappa shape index (κ2) is 4.90. The van der Waals surface area contributed by atoms with Gasteiger partial charge < -0.3 is 9.73 Å². The zero-order chi connectivity index (χ0) is 11.4. The van der Waals surface area contributed by atoms with Gasteiger partial charge in [-0.1, -0.05) is 17.7 Å². The van der Waals surface area contributed by atoms with Gasteiger partial charge in [0, 0.05) is 18.5 Å². The van der Waals surface area contributed by atoms with Crippen LogP contribution in [0.5, 0.6) is 0 Å². The molecule has 1 heterocycles. The smallest absolute Gasteiger partial charge is 0.247 e. The molecular weight excluding hydrogens is 202 g/mol. The Kier molecular flexibility index (Phi) is 3.31. The Morgan fingerprint density at radius 1 is 1.31 bits per heavy atom. The molecule has 0 aliphatic carbocycles. The van der Waals surface area contributed by atoms with E-state index >= 15 is 0 Å². The summed E-state index contributed by atoms with van der Waals surface area (Å²) in [6.45, 7) is 2.89. The highest BCUT2D eigenvalue weighted by atomic mass is 16.4. The van der Waals surface area contributed by atoms with E-state index in [9.17, 15) is 0 Å². The minimum absolute atomic E-state index is 0.592. The van der Waals surface area contributed by atoms with Gasteiger partial charge in [-0.2, -0.15) is 0 Å². The third kappa shape index (κ3) is 2.46. The Hall–Kier alpha value is -1.68. The highest BCUT2D eigenvalue weighted by Crippen LogP contribution is 2.18. The largest absolute Gasteiger partial charge is 0.421 e. The highest BCUT2D eigenvalue weighted by molar-refractivity contribution is 5.53. The van der Waals surface area contributed by atoms with Crippen LogP contribution in [-0.4, -0.2) is 23.8 Å². The first-order valence-corrected chi connectivity index (χ1v) is 5.33. The lowest BCUT2D eigenvalue weighted by atomic mass is 10.1. The molecule has 0 saturated carbocycles. The molecule has 1 aromatic heterocycles. The predicted octanol–water partition coefficient (Wildman–Crippen LogP) is 1.81. The van der Waals surface area contributed by atoms with Crippen LogP contribution >= 0.6 is 0 Å². The van der Waals surface area contributed by atoms with Crippen molar-refractivity contribution in [1.82, 2.24) is 15.5 Å². The van der Waals surface area contributed by atoms with Crippen molar-refractivity contribution in [3.63, 3.8) is 0 Å². The van der Waals surface area contributed by atoms with Crippen molar-refractivity contribution in [2.24, 2.45) is 0 Å². The molecule has 0 radical (unpaired) electrons. The predicted molar refractivity (Wildman–Crippen MR) is 62.1 cm³/mol. The number of benzene rings is 1. The molecule has 4 nitrogen and oxygen atoms in total. The van der Waals surface area contributed by atoms with Gasteiger partial charge in [0.1, 0.15) is 0 Å². The van der Waals surface area contributed by atoms with Gasteiger partial charge >= 0.3 is 0 Å². The zero-order valence-electron chi connectivity index (χ0n) is 9.53. The van der Waals surface area contributed by atoms with Crippen LogP contribution in [0.3, 0.4) is 0 Å². The normalized spacial score (nSPS) is 10.6. The van der Waals surface area contributed by atoms with E-state index in [-0.39, 0.29) is 0 Å². The fraction of sp³-hybridized carbons (Fsp3) is 0.333. The summed E-state index contributed by atoms with van der Waals surface area (Å²) in [6, 6.07) is 8.04. The van der Waals surface area contributed by atoms with Gasteiger partial charge in [-0.3, -0.25) is 0 Å². The molecule has 4 heteroatoms. The lowest BCUT2D eigenvalue weighted by molar-refractivity contribution is 0.500. The number of aryl methyl sites for hydroxylation is 1. The molecule has 1 aromatic carbocycles. The molecular formula is C12H15N3O. The number of hydrogen-bond acceptors (Lipinski definition) is 4. The molecule has 84 valence electrons. The quantitative estimate of drug-likeness (QED) is 0.848. The van der Waals surface area contributed by atoms with Crippen LogP contribution in [0.2, 0.25) is 0 Å². The van der Waals surface area contributed by atoms with E-state index in [0.717, 1.165) is 18.5 Å². The first kappa shape index (κ1) is 10.8. The van der Waals surface area contributed by atoms with Crippen LogP contribution in [0, 0.1) is 6.92 Å². The van der Waals surface area contributed by atoms with E-state index in [1.54, 1.807) is 0 Å². The third-order valence-electron chi connectivity index (χ3n) is 2.32. The summed E-state index contributed by atoms with van der Waals surface area (Å²) in [7, 11) is 1.90. The number of likely N-dealkylation sites (N-methyl/N-ethyl adjacent to an activating group) is 1. The van der Waals surface area contributed by atoms with E-state index in [0.29, 0.717) is 11.8 Å². The second-order valence-electron chi connectivity index (χ2n) is 3.72. The number of nitrogens with zero attached hydrogens (tertiary/aromatic N) is 2. The number of nitrogens with one attached hydrogen (secondary N) is 1. The molecule has 16 heavy (non-hydrogen) atoms. The Morgan fingerprint density at radius 3 is 2.94 bits per heavy atom. The number of hydrogen-bond donors (Lipinski definition) is 1. The summed E-state index contributed by atoms with van der Waals surface area (Å²) in [4.78, 5) is 0. The number of rotatable bonds is 4. The molecule has 1 N–H and O–H groups in total. The summed E-state index contributed by atoms with van der Waals surface area (Å²) in [5, 5.41) is 11.1. The van der Waals surface area contributed by atoms with E-state index in [1.807, 2.05) is 38.2 Å². The molecule has 0 spiro atoms. The minimum atomic E-state index is 0.592. The summed E-state index contributed by atoms with van der Waals surface area (Å²) in [5.41, 5.74) is 2.16. The molecule has 2 aromatic rings. The maximum atomic E-state index is 5.56. The first-order chi connectivity index (χ1) is 7.79. The minimum Gasteiger partial charge on any atom is -0.421 e. The average Bonchev–Trinajstić information content (AvgIpc) is 2.75. The van der Waals surface area contributed by atoms with E-state index < -0.39 is 0 Å². The van der Waals surface area contributed by atoms with Crippen molar-refractivity contribution in [2.75, 3.05) is 13.6 Å². The molecule has 0 amide bonds. The van der Waals surface area contributed by atoms with Crippen molar-refractivity contribution in [3.8, 4) is 11.5 Å². The van der Waals surface area contributed by atoms with E-state index in [1.165, 1.54) is 5.56 Å². The summed E-state index contributed by atoms with van der Waals surface area (Å²) in [6.07, 6.45) is 0.759. The van der Waals surface area contributed by atoms with Gasteiger partial charge in [0.05, 0.1) is 0 Å². The van der Waals surface area contributed by atoms with Crippen molar-refractivity contribution in [3.05, 3.63) is 35.7 Å². The van der Waals surface area contributed by atoms with Crippen LogP contribution in [-0.2, 0) is 6.42 Å². The first-order valence-electron chi connectivity index (χ1n) is 5.33. The summed E-state index contributed by atoms with van der Waals surface area (Å²) in [5.74, 6) is 1.26. The Labute approximate surface area is 94.7 Å². The van der Waals surface area contributed by atoms with Crippen LogP contribution < -0.4 is 5.32 Å². The molecule has 2 rings (SSSR count). The molecule has 0 aliphatic heterocycles. The van der Waals surface area contributed by atoms with Gasteiger partial charge in [-0.05, 0) is 26.1 Å². The third-order valence-corrected chi connectivity index (χ3v) is 2.32. The number of aromatic nitrogens is 2. The van der Waals surface area contributed by atoms with Gasteiger partial charge in [0.25, 0.3) is 0 Å². The van der Waals surface area contributed by atoms with Crippen molar-refractivity contribution >= 4 is 0 Å². The van der Waals surface area contributed by atoms with Crippen molar-refractivity contribution in [2.45, 2.75) is 13.3 Å². The molecule has 0 fully saturated rings. The van der Waals surface area contributed by atoms with E-state index in [2.05, 4.69) is 15.5 Å². The summed E-state index contributed by atoms with van der Waals surface area (Å²) < 4.78 is 5.56. The monoisotopic (exact) mass is 217 g/mol. The van der Waals surface area contributed by atoms with E-state index in [4.69, 9.17) is 4.42 Å².